The van der Waals surface area contributed by atoms with Gasteiger partial charge in [-0.15, -0.1) is 11.3 Å². The first-order valence-corrected chi connectivity index (χ1v) is 11.1. The van der Waals surface area contributed by atoms with Gasteiger partial charge >= 0.3 is 0 Å². The molecule has 1 aromatic carbocycles. The van der Waals surface area contributed by atoms with Crippen LogP contribution in [-0.2, 0) is 30.0 Å². The first-order chi connectivity index (χ1) is 13.3. The van der Waals surface area contributed by atoms with Crippen molar-refractivity contribution in [1.82, 2.24) is 8.87 Å². The van der Waals surface area contributed by atoms with Crippen molar-refractivity contribution in [1.29, 1.82) is 0 Å². The van der Waals surface area contributed by atoms with E-state index in [-0.39, 0.29) is 17.1 Å². The van der Waals surface area contributed by atoms with Crippen LogP contribution in [0.25, 0.3) is 0 Å². The molecule has 8 heteroatoms. The molecule has 0 saturated carbocycles. The monoisotopic (exact) mass is 417 g/mol. The van der Waals surface area contributed by atoms with Gasteiger partial charge in [-0.3, -0.25) is 4.79 Å². The van der Waals surface area contributed by atoms with Gasteiger partial charge in [-0.2, -0.15) is 4.31 Å². The lowest BCUT2D eigenvalue weighted by atomic mass is 10.1. The van der Waals surface area contributed by atoms with Gasteiger partial charge in [0.05, 0.1) is 0 Å². The lowest BCUT2D eigenvalue weighted by Gasteiger charge is -2.21. The van der Waals surface area contributed by atoms with Gasteiger partial charge in [-0.1, -0.05) is 30.3 Å². The summed E-state index contributed by atoms with van der Waals surface area (Å²) >= 11 is 1.58. The predicted octanol–water partition coefficient (Wildman–Crippen LogP) is 2.93. The molecule has 2 heterocycles. The topological polar surface area (TPSA) is 85.4 Å². The average molecular weight is 418 g/mol. The van der Waals surface area contributed by atoms with Gasteiger partial charge in [0, 0.05) is 36.1 Å². The number of aryl methyl sites for hydroxylation is 2. The fourth-order valence-corrected chi connectivity index (χ4v) is 5.47. The van der Waals surface area contributed by atoms with Gasteiger partial charge in [0.1, 0.15) is 10.6 Å². The molecular formula is C20H23N3O3S2. The summed E-state index contributed by atoms with van der Waals surface area (Å²) in [6.45, 7) is 2.62. The minimum atomic E-state index is -3.78. The number of nitrogens with two attached hydrogens (primary N) is 1. The molecule has 2 aromatic heterocycles. The smallest absolute Gasteiger partial charge is 0.265 e. The Bertz CT molecular complexity index is 1070. The molecule has 28 heavy (non-hydrogen) atoms. The summed E-state index contributed by atoms with van der Waals surface area (Å²) in [5.41, 5.74) is 6.57. The summed E-state index contributed by atoms with van der Waals surface area (Å²) in [4.78, 5) is 13.7. The van der Waals surface area contributed by atoms with Crippen LogP contribution in [-0.4, -0.2) is 29.7 Å². The Labute approximate surface area is 169 Å². The van der Waals surface area contributed by atoms with Crippen molar-refractivity contribution >= 4 is 27.3 Å². The normalized spacial score (nSPS) is 11.8. The number of hydrogen-bond donors (Lipinski definition) is 1. The Kier molecular flexibility index (Phi) is 6.02. The number of carbonyl (C=O) groups excluding carboxylic acids is 1. The van der Waals surface area contributed by atoms with Crippen LogP contribution in [0.3, 0.4) is 0 Å². The molecule has 0 radical (unpaired) electrons. The van der Waals surface area contributed by atoms with Gasteiger partial charge in [-0.05, 0) is 37.1 Å². The van der Waals surface area contributed by atoms with E-state index in [1.807, 2.05) is 49.4 Å². The SMILES string of the molecule is Cc1ccc(CN(CCc2ccccc2)S(=O)(=O)c2cc(C(N)=O)n(C)c2)s1. The lowest BCUT2D eigenvalue weighted by Crippen LogP contribution is -2.32. The minimum Gasteiger partial charge on any atom is -0.364 e. The van der Waals surface area contributed by atoms with Crippen LogP contribution in [0.1, 0.15) is 25.8 Å². The van der Waals surface area contributed by atoms with Gasteiger partial charge < -0.3 is 10.3 Å². The van der Waals surface area contributed by atoms with E-state index >= 15 is 0 Å². The average Bonchev–Trinajstić information content (AvgIpc) is 3.25. The number of benzene rings is 1. The van der Waals surface area contributed by atoms with E-state index in [4.69, 9.17) is 5.73 Å². The molecule has 148 valence electrons. The van der Waals surface area contributed by atoms with E-state index in [0.29, 0.717) is 13.0 Å². The zero-order valence-electron chi connectivity index (χ0n) is 15.8. The molecule has 2 N–H and O–H groups in total. The molecule has 1 amide bonds. The summed E-state index contributed by atoms with van der Waals surface area (Å²) in [6, 6.07) is 15.0. The van der Waals surface area contributed by atoms with Crippen LogP contribution >= 0.6 is 11.3 Å². The number of hydrogen-bond acceptors (Lipinski definition) is 4. The van der Waals surface area contributed by atoms with E-state index < -0.39 is 15.9 Å². The first-order valence-electron chi connectivity index (χ1n) is 8.83. The van der Waals surface area contributed by atoms with Crippen LogP contribution in [0.2, 0.25) is 0 Å². The molecule has 0 aliphatic rings. The largest absolute Gasteiger partial charge is 0.364 e. The zero-order chi connectivity index (χ0) is 20.3. The molecule has 0 aliphatic heterocycles. The maximum Gasteiger partial charge on any atom is 0.265 e. The highest BCUT2D eigenvalue weighted by Gasteiger charge is 2.27. The van der Waals surface area contributed by atoms with Crippen molar-refractivity contribution in [3.05, 3.63) is 75.7 Å². The van der Waals surface area contributed by atoms with E-state index in [0.717, 1.165) is 15.3 Å². The van der Waals surface area contributed by atoms with Crippen LogP contribution in [0.5, 0.6) is 0 Å². The second-order valence-electron chi connectivity index (χ2n) is 6.62. The third kappa shape index (κ3) is 4.52. The summed E-state index contributed by atoms with van der Waals surface area (Å²) < 4.78 is 29.5. The summed E-state index contributed by atoms with van der Waals surface area (Å²) in [5.74, 6) is -0.659. The Morgan fingerprint density at radius 3 is 2.46 bits per heavy atom. The van der Waals surface area contributed by atoms with Crippen molar-refractivity contribution in [2.24, 2.45) is 12.8 Å². The quantitative estimate of drug-likeness (QED) is 0.611. The number of carbonyl (C=O) groups is 1. The van der Waals surface area contributed by atoms with Crippen molar-refractivity contribution in [2.45, 2.75) is 24.8 Å². The number of aromatic nitrogens is 1. The molecule has 0 unspecified atom stereocenters. The van der Waals surface area contributed by atoms with E-state index in [2.05, 4.69) is 0 Å². The van der Waals surface area contributed by atoms with E-state index in [1.165, 1.54) is 21.1 Å². The Morgan fingerprint density at radius 1 is 1.18 bits per heavy atom. The molecule has 3 aromatic rings. The molecule has 0 bridgehead atoms. The highest BCUT2D eigenvalue weighted by atomic mass is 32.2. The van der Waals surface area contributed by atoms with Crippen LogP contribution in [0.4, 0.5) is 0 Å². The molecule has 0 spiro atoms. The number of primary amides is 1. The summed E-state index contributed by atoms with van der Waals surface area (Å²) in [6.07, 6.45) is 2.03. The van der Waals surface area contributed by atoms with E-state index in [9.17, 15) is 13.2 Å². The van der Waals surface area contributed by atoms with Crippen LogP contribution < -0.4 is 5.73 Å². The Balaban J connectivity index is 1.91. The number of thiophene rings is 1. The lowest BCUT2D eigenvalue weighted by molar-refractivity contribution is 0.0992. The zero-order valence-corrected chi connectivity index (χ0v) is 17.5. The molecule has 0 aliphatic carbocycles. The van der Waals surface area contributed by atoms with Crippen LogP contribution in [0.15, 0.2) is 59.6 Å². The third-order valence-electron chi connectivity index (χ3n) is 4.49. The molecular weight excluding hydrogens is 394 g/mol. The van der Waals surface area contributed by atoms with Crippen molar-refractivity contribution in [2.75, 3.05) is 6.54 Å². The molecule has 0 saturated heterocycles. The molecule has 3 rings (SSSR count). The van der Waals surface area contributed by atoms with Gasteiger partial charge in [0.25, 0.3) is 5.91 Å². The highest BCUT2D eigenvalue weighted by Crippen LogP contribution is 2.24. The fourth-order valence-electron chi connectivity index (χ4n) is 3.00. The predicted molar refractivity (Wildman–Crippen MR) is 111 cm³/mol. The van der Waals surface area contributed by atoms with Crippen molar-refractivity contribution in [3.8, 4) is 0 Å². The fraction of sp³-hybridized carbons (Fsp3) is 0.250. The van der Waals surface area contributed by atoms with Crippen molar-refractivity contribution in [3.63, 3.8) is 0 Å². The number of sulfonamides is 1. The number of rotatable bonds is 8. The maximum absolute atomic E-state index is 13.3. The highest BCUT2D eigenvalue weighted by molar-refractivity contribution is 7.89. The summed E-state index contributed by atoms with van der Waals surface area (Å²) in [7, 11) is -2.18. The maximum atomic E-state index is 13.3. The molecule has 0 fully saturated rings. The molecule has 0 atom stereocenters. The number of nitrogens with zero attached hydrogens (tertiary/aromatic N) is 2. The minimum absolute atomic E-state index is 0.0742. The number of amides is 1. The van der Waals surface area contributed by atoms with E-state index in [1.54, 1.807) is 18.4 Å². The van der Waals surface area contributed by atoms with Crippen LogP contribution in [0, 0.1) is 6.92 Å². The summed E-state index contributed by atoms with van der Waals surface area (Å²) in [5, 5.41) is 0. The standard InChI is InChI=1S/C20H23N3O3S2/c1-15-8-9-17(27-15)13-23(11-10-16-6-4-3-5-7-16)28(25,26)18-12-19(20(21)24)22(2)14-18/h3-9,12,14H,10-11,13H2,1-2H3,(H2,21,24). The third-order valence-corrected chi connectivity index (χ3v) is 7.29. The second kappa shape index (κ2) is 8.30. The Morgan fingerprint density at radius 2 is 1.89 bits per heavy atom. The Hall–Kier alpha value is -2.42. The van der Waals surface area contributed by atoms with Crippen molar-refractivity contribution < 1.29 is 13.2 Å². The van der Waals surface area contributed by atoms with Gasteiger partial charge in [0.2, 0.25) is 10.0 Å². The molecule has 6 nitrogen and oxygen atoms in total. The second-order valence-corrected chi connectivity index (χ2v) is 9.93. The van der Waals surface area contributed by atoms with Gasteiger partial charge in [-0.25, -0.2) is 8.42 Å². The first kappa shape index (κ1) is 20.3. The van der Waals surface area contributed by atoms with Gasteiger partial charge in [0.15, 0.2) is 0 Å².